The molecule has 0 unspecified atom stereocenters. The van der Waals surface area contributed by atoms with Gasteiger partial charge in [-0.2, -0.15) is 18.3 Å². The van der Waals surface area contributed by atoms with Crippen molar-refractivity contribution in [2.24, 2.45) is 0 Å². The van der Waals surface area contributed by atoms with Gasteiger partial charge >= 0.3 is 6.18 Å². The van der Waals surface area contributed by atoms with Gasteiger partial charge < -0.3 is 4.90 Å². The second-order valence-electron chi connectivity index (χ2n) is 6.57. The van der Waals surface area contributed by atoms with E-state index in [0.29, 0.717) is 16.7 Å². The topological polar surface area (TPSA) is 81.3 Å². The number of fused-ring (bicyclic) bond motifs is 1. The molecular formula is C19H12ClF3N4O3. The van der Waals surface area contributed by atoms with Gasteiger partial charge in [0.15, 0.2) is 5.69 Å². The van der Waals surface area contributed by atoms with Crippen molar-refractivity contribution in [1.29, 1.82) is 0 Å². The molecule has 2 aromatic carbocycles. The predicted molar refractivity (Wildman–Crippen MR) is 102 cm³/mol. The average molecular weight is 437 g/mol. The first-order chi connectivity index (χ1) is 14.2. The van der Waals surface area contributed by atoms with Gasteiger partial charge in [-0.15, -0.1) is 0 Å². The zero-order valence-corrected chi connectivity index (χ0v) is 15.8. The quantitative estimate of drug-likeness (QED) is 0.442. The minimum absolute atomic E-state index is 0.0475. The Labute approximate surface area is 172 Å². The fourth-order valence-electron chi connectivity index (χ4n) is 3.42. The zero-order valence-electron chi connectivity index (χ0n) is 15.1. The minimum Gasteiger partial charge on any atom is -0.307 e. The van der Waals surface area contributed by atoms with Gasteiger partial charge in [0.05, 0.1) is 28.1 Å². The minimum atomic E-state index is -4.88. The molecular weight excluding hydrogens is 425 g/mol. The van der Waals surface area contributed by atoms with Crippen LogP contribution in [-0.2, 0) is 12.6 Å². The number of benzene rings is 2. The summed E-state index contributed by atoms with van der Waals surface area (Å²) in [5, 5.41) is 15.0. The van der Waals surface area contributed by atoms with Crippen LogP contribution in [0.25, 0.3) is 5.69 Å². The SMILES string of the molecule is O=C(c1cnn(-c2cccc(Cl)c2)c1C(F)(F)F)N1CCc2ccc([N+](=O)[O-])cc21. The van der Waals surface area contributed by atoms with Gasteiger partial charge in [0, 0.05) is 23.7 Å². The molecule has 0 atom stereocenters. The van der Waals surface area contributed by atoms with Crippen LogP contribution in [0.1, 0.15) is 21.6 Å². The third-order valence-electron chi connectivity index (χ3n) is 4.74. The van der Waals surface area contributed by atoms with E-state index in [1.807, 2.05) is 0 Å². The number of alkyl halides is 3. The molecule has 11 heteroatoms. The molecule has 7 nitrogen and oxygen atoms in total. The lowest BCUT2D eigenvalue weighted by atomic mass is 10.1. The summed E-state index contributed by atoms with van der Waals surface area (Å²) in [6.07, 6.45) is -3.65. The number of nitro benzene ring substituents is 1. The highest BCUT2D eigenvalue weighted by Gasteiger charge is 2.42. The largest absolute Gasteiger partial charge is 0.434 e. The van der Waals surface area contributed by atoms with Crippen molar-refractivity contribution in [1.82, 2.24) is 9.78 Å². The summed E-state index contributed by atoms with van der Waals surface area (Å²) in [6, 6.07) is 9.64. The molecule has 0 saturated carbocycles. The fourth-order valence-corrected chi connectivity index (χ4v) is 3.60. The van der Waals surface area contributed by atoms with E-state index in [2.05, 4.69) is 5.10 Å². The number of carbonyl (C=O) groups excluding carboxylic acids is 1. The molecule has 154 valence electrons. The van der Waals surface area contributed by atoms with Crippen molar-refractivity contribution >= 4 is 28.9 Å². The van der Waals surface area contributed by atoms with Gasteiger partial charge in [-0.1, -0.05) is 23.7 Å². The first-order valence-electron chi connectivity index (χ1n) is 8.67. The van der Waals surface area contributed by atoms with Gasteiger partial charge in [-0.25, -0.2) is 4.68 Å². The molecule has 1 aromatic heterocycles. The van der Waals surface area contributed by atoms with E-state index in [1.165, 1.54) is 42.5 Å². The van der Waals surface area contributed by atoms with E-state index in [9.17, 15) is 28.1 Å². The molecule has 3 aromatic rings. The molecule has 0 N–H and O–H groups in total. The van der Waals surface area contributed by atoms with Gasteiger partial charge in [-0.3, -0.25) is 14.9 Å². The van der Waals surface area contributed by atoms with Crippen molar-refractivity contribution in [3.63, 3.8) is 0 Å². The molecule has 4 rings (SSSR count). The first-order valence-corrected chi connectivity index (χ1v) is 9.05. The molecule has 0 bridgehead atoms. The maximum Gasteiger partial charge on any atom is 0.434 e. The fraction of sp³-hybridized carbons (Fsp3) is 0.158. The lowest BCUT2D eigenvalue weighted by Crippen LogP contribution is -2.31. The van der Waals surface area contributed by atoms with E-state index in [1.54, 1.807) is 0 Å². The second-order valence-corrected chi connectivity index (χ2v) is 7.01. The summed E-state index contributed by atoms with van der Waals surface area (Å²) >= 11 is 5.88. The Bertz CT molecular complexity index is 1180. The average Bonchev–Trinajstić information content (AvgIpc) is 3.31. The number of halogens is 4. The van der Waals surface area contributed by atoms with Crippen molar-refractivity contribution in [2.75, 3.05) is 11.4 Å². The summed E-state index contributed by atoms with van der Waals surface area (Å²) < 4.78 is 42.3. The summed E-state index contributed by atoms with van der Waals surface area (Å²) in [6.45, 7) is 0.106. The Morgan fingerprint density at radius 1 is 1.20 bits per heavy atom. The number of nitrogens with zero attached hydrogens (tertiary/aromatic N) is 4. The number of hydrogen-bond acceptors (Lipinski definition) is 4. The maximum absolute atomic E-state index is 13.9. The Kier molecular flexibility index (Phi) is 4.73. The number of nitro groups is 1. The standard InChI is InChI=1S/C19H12ClF3N4O3/c20-12-2-1-3-13(8-12)26-17(19(21,22)23)15(10-24-26)18(28)25-7-6-11-4-5-14(27(29)30)9-16(11)25/h1-5,8-10H,6-7H2. The molecule has 0 saturated heterocycles. The van der Waals surface area contributed by atoms with E-state index >= 15 is 0 Å². The van der Waals surface area contributed by atoms with E-state index < -0.39 is 28.3 Å². The summed E-state index contributed by atoms with van der Waals surface area (Å²) in [5.41, 5.74) is -1.23. The molecule has 0 radical (unpaired) electrons. The third kappa shape index (κ3) is 3.39. The number of amides is 1. The molecule has 1 amide bonds. The van der Waals surface area contributed by atoms with Crippen LogP contribution < -0.4 is 4.90 Å². The van der Waals surface area contributed by atoms with Crippen LogP contribution in [0.2, 0.25) is 5.02 Å². The maximum atomic E-state index is 13.9. The van der Waals surface area contributed by atoms with Crippen molar-refractivity contribution < 1.29 is 22.9 Å². The Balaban J connectivity index is 1.80. The summed E-state index contributed by atoms with van der Waals surface area (Å²) in [5.74, 6) is -0.935. The predicted octanol–water partition coefficient (Wildman–Crippen LogP) is 4.66. The van der Waals surface area contributed by atoms with Crippen LogP contribution in [0.5, 0.6) is 0 Å². The first kappa shape index (κ1) is 19.9. The lowest BCUT2D eigenvalue weighted by molar-refractivity contribution is -0.384. The Hall–Kier alpha value is -3.40. The van der Waals surface area contributed by atoms with Crippen LogP contribution >= 0.6 is 11.6 Å². The van der Waals surface area contributed by atoms with Gasteiger partial charge in [0.25, 0.3) is 11.6 Å². The zero-order chi connectivity index (χ0) is 21.6. The van der Waals surface area contributed by atoms with Crippen LogP contribution in [-0.4, -0.2) is 27.2 Å². The lowest BCUT2D eigenvalue weighted by Gasteiger charge is -2.18. The molecule has 1 aliphatic rings. The smallest absolute Gasteiger partial charge is 0.307 e. The normalized spacial score (nSPS) is 13.4. The molecule has 2 heterocycles. The highest BCUT2D eigenvalue weighted by Crippen LogP contribution is 2.37. The van der Waals surface area contributed by atoms with Gasteiger partial charge in [-0.05, 0) is 30.2 Å². The second kappa shape index (κ2) is 7.13. The third-order valence-corrected chi connectivity index (χ3v) is 4.98. The van der Waals surface area contributed by atoms with E-state index in [0.717, 1.165) is 11.1 Å². The number of hydrogen-bond donors (Lipinski definition) is 0. The molecule has 1 aliphatic heterocycles. The van der Waals surface area contributed by atoms with Gasteiger partial charge in [0.2, 0.25) is 0 Å². The summed E-state index contributed by atoms with van der Waals surface area (Å²) in [7, 11) is 0. The molecule has 0 fully saturated rings. The van der Waals surface area contributed by atoms with E-state index in [4.69, 9.17) is 11.6 Å². The molecule has 30 heavy (non-hydrogen) atoms. The molecule has 0 aliphatic carbocycles. The van der Waals surface area contributed by atoms with Crippen LogP contribution in [0, 0.1) is 10.1 Å². The highest BCUT2D eigenvalue weighted by molar-refractivity contribution is 6.30. The monoisotopic (exact) mass is 436 g/mol. The van der Waals surface area contributed by atoms with Crippen molar-refractivity contribution in [2.45, 2.75) is 12.6 Å². The summed E-state index contributed by atoms with van der Waals surface area (Å²) in [4.78, 5) is 24.6. The number of non-ortho nitro benzene ring substituents is 1. The van der Waals surface area contributed by atoms with Crippen molar-refractivity contribution in [3.8, 4) is 5.69 Å². The Morgan fingerprint density at radius 2 is 1.97 bits per heavy atom. The van der Waals surface area contributed by atoms with E-state index in [-0.39, 0.29) is 28.6 Å². The highest BCUT2D eigenvalue weighted by atomic mass is 35.5. The number of aromatic nitrogens is 2. The van der Waals surface area contributed by atoms with Crippen LogP contribution in [0.15, 0.2) is 48.7 Å². The van der Waals surface area contributed by atoms with Crippen LogP contribution in [0.4, 0.5) is 24.5 Å². The molecule has 0 spiro atoms. The number of anilines is 1. The van der Waals surface area contributed by atoms with Gasteiger partial charge in [0.1, 0.15) is 0 Å². The number of rotatable bonds is 3. The van der Waals surface area contributed by atoms with Crippen molar-refractivity contribution in [3.05, 3.63) is 80.6 Å². The Morgan fingerprint density at radius 3 is 2.63 bits per heavy atom. The van der Waals surface area contributed by atoms with Crippen LogP contribution in [0.3, 0.4) is 0 Å². The number of carbonyl (C=O) groups is 1.